The largest absolute Gasteiger partial charge is 0.445 e. The maximum Gasteiger partial charge on any atom is 0.410 e. The second-order valence-electron chi connectivity index (χ2n) is 8.03. The molecule has 0 unspecified atom stereocenters. The van der Waals surface area contributed by atoms with Crippen LogP contribution in [0.5, 0.6) is 0 Å². The Morgan fingerprint density at radius 2 is 1.85 bits per heavy atom. The number of fused-ring (bicyclic) bond motifs is 1. The van der Waals surface area contributed by atoms with Gasteiger partial charge in [-0.05, 0) is 23.6 Å². The molecule has 3 aromatic rings. The molecule has 4 rings (SSSR count). The van der Waals surface area contributed by atoms with Crippen molar-refractivity contribution in [3.8, 4) is 0 Å². The molecule has 0 spiro atoms. The lowest BCUT2D eigenvalue weighted by molar-refractivity contribution is -0.122. The lowest BCUT2D eigenvalue weighted by atomic mass is 10.1. The van der Waals surface area contributed by atoms with E-state index in [2.05, 4.69) is 10.4 Å². The standard InChI is InChI=1S/C25H26N4O4/c1-18-7-5-6-10-20(18)14-26-23(30)16-29-24(31)13-21-15-28(12-11-22(21)27-29)25(32)33-17-19-8-3-2-4-9-19/h2-10,13H,11-12,14-17H2,1H3,(H,26,30). The van der Waals surface area contributed by atoms with Crippen molar-refractivity contribution in [2.45, 2.75) is 39.6 Å². The van der Waals surface area contributed by atoms with Crippen LogP contribution in [0.25, 0.3) is 0 Å². The van der Waals surface area contributed by atoms with Gasteiger partial charge < -0.3 is 15.0 Å². The number of benzene rings is 2. The smallest absolute Gasteiger partial charge is 0.410 e. The third-order valence-electron chi connectivity index (χ3n) is 5.64. The molecular weight excluding hydrogens is 420 g/mol. The molecule has 2 heterocycles. The van der Waals surface area contributed by atoms with E-state index >= 15 is 0 Å². The fourth-order valence-electron chi connectivity index (χ4n) is 3.71. The van der Waals surface area contributed by atoms with Gasteiger partial charge in [-0.2, -0.15) is 5.10 Å². The Hall–Kier alpha value is -3.94. The molecule has 0 radical (unpaired) electrons. The van der Waals surface area contributed by atoms with E-state index in [0.717, 1.165) is 16.7 Å². The first-order valence-electron chi connectivity index (χ1n) is 10.9. The molecule has 1 N–H and O–H groups in total. The Labute approximate surface area is 191 Å². The van der Waals surface area contributed by atoms with Crippen molar-refractivity contribution >= 4 is 12.0 Å². The molecule has 33 heavy (non-hydrogen) atoms. The summed E-state index contributed by atoms with van der Waals surface area (Å²) in [6, 6.07) is 18.7. The number of nitrogens with one attached hydrogen (secondary N) is 1. The van der Waals surface area contributed by atoms with Crippen LogP contribution >= 0.6 is 0 Å². The first kappa shape index (κ1) is 22.3. The van der Waals surface area contributed by atoms with E-state index in [4.69, 9.17) is 4.74 Å². The van der Waals surface area contributed by atoms with Gasteiger partial charge in [-0.3, -0.25) is 9.59 Å². The number of carbonyl (C=O) groups excluding carboxylic acids is 2. The molecule has 1 aromatic heterocycles. The third-order valence-corrected chi connectivity index (χ3v) is 5.64. The van der Waals surface area contributed by atoms with Gasteiger partial charge in [0.1, 0.15) is 13.2 Å². The monoisotopic (exact) mass is 446 g/mol. The number of hydrogen-bond acceptors (Lipinski definition) is 5. The van der Waals surface area contributed by atoms with Crippen LogP contribution in [0, 0.1) is 6.92 Å². The summed E-state index contributed by atoms with van der Waals surface area (Å²) < 4.78 is 6.57. The number of carbonyl (C=O) groups is 2. The number of aromatic nitrogens is 2. The van der Waals surface area contributed by atoms with Gasteiger partial charge in [0.25, 0.3) is 5.56 Å². The van der Waals surface area contributed by atoms with Crippen LogP contribution in [0.1, 0.15) is 27.9 Å². The summed E-state index contributed by atoms with van der Waals surface area (Å²) >= 11 is 0. The first-order valence-corrected chi connectivity index (χ1v) is 10.9. The SMILES string of the molecule is Cc1ccccc1CNC(=O)Cn1nc2c(cc1=O)CN(C(=O)OCc1ccccc1)CC2. The summed E-state index contributed by atoms with van der Waals surface area (Å²) in [6.45, 7) is 3.11. The average molecular weight is 447 g/mol. The Morgan fingerprint density at radius 3 is 2.64 bits per heavy atom. The highest BCUT2D eigenvalue weighted by atomic mass is 16.6. The molecule has 0 bridgehead atoms. The molecule has 2 amide bonds. The van der Waals surface area contributed by atoms with E-state index in [9.17, 15) is 14.4 Å². The molecule has 170 valence electrons. The Bertz CT molecular complexity index is 1210. The summed E-state index contributed by atoms with van der Waals surface area (Å²) in [4.78, 5) is 38.9. The van der Waals surface area contributed by atoms with Crippen molar-refractivity contribution in [2.24, 2.45) is 0 Å². The molecule has 0 saturated heterocycles. The lowest BCUT2D eigenvalue weighted by Gasteiger charge is -2.27. The molecule has 0 saturated carbocycles. The van der Waals surface area contributed by atoms with Crippen LogP contribution in [0.15, 0.2) is 65.5 Å². The molecule has 0 aliphatic carbocycles. The Balaban J connectivity index is 1.34. The van der Waals surface area contributed by atoms with E-state index < -0.39 is 6.09 Å². The summed E-state index contributed by atoms with van der Waals surface area (Å²) in [5, 5.41) is 7.21. The molecule has 2 aromatic carbocycles. The summed E-state index contributed by atoms with van der Waals surface area (Å²) in [5.41, 5.74) is 4.05. The molecule has 1 aliphatic heterocycles. The minimum absolute atomic E-state index is 0.152. The predicted octanol–water partition coefficient (Wildman–Crippen LogP) is 2.56. The van der Waals surface area contributed by atoms with Crippen molar-refractivity contribution in [1.29, 1.82) is 0 Å². The fraction of sp³-hybridized carbons (Fsp3) is 0.280. The van der Waals surface area contributed by atoms with Crippen molar-refractivity contribution in [2.75, 3.05) is 6.54 Å². The van der Waals surface area contributed by atoms with Crippen molar-refractivity contribution in [3.05, 3.63) is 99.0 Å². The highest BCUT2D eigenvalue weighted by molar-refractivity contribution is 5.75. The zero-order valence-corrected chi connectivity index (χ0v) is 18.5. The van der Waals surface area contributed by atoms with E-state index in [1.165, 1.54) is 10.7 Å². The van der Waals surface area contributed by atoms with Gasteiger partial charge in [0.15, 0.2) is 0 Å². The highest BCUT2D eigenvalue weighted by Gasteiger charge is 2.24. The van der Waals surface area contributed by atoms with Gasteiger partial charge in [-0.1, -0.05) is 54.6 Å². The quantitative estimate of drug-likeness (QED) is 0.628. The van der Waals surface area contributed by atoms with Crippen LogP contribution < -0.4 is 10.9 Å². The van der Waals surface area contributed by atoms with E-state index in [1.807, 2.05) is 61.5 Å². The summed E-state index contributed by atoms with van der Waals surface area (Å²) in [7, 11) is 0. The van der Waals surface area contributed by atoms with Gasteiger partial charge in [0, 0.05) is 31.1 Å². The molecule has 8 nitrogen and oxygen atoms in total. The normalized spacial score (nSPS) is 12.7. The van der Waals surface area contributed by atoms with Crippen molar-refractivity contribution < 1.29 is 14.3 Å². The van der Waals surface area contributed by atoms with Crippen LogP contribution in [0.2, 0.25) is 0 Å². The van der Waals surface area contributed by atoms with Gasteiger partial charge in [0.2, 0.25) is 5.91 Å². The molecule has 8 heteroatoms. The number of rotatable bonds is 6. The molecule has 0 atom stereocenters. The van der Waals surface area contributed by atoms with Gasteiger partial charge in [0.05, 0.1) is 12.2 Å². The number of amides is 2. The zero-order valence-electron chi connectivity index (χ0n) is 18.5. The molecule has 1 aliphatic rings. The zero-order chi connectivity index (χ0) is 23.2. The molecule has 0 fully saturated rings. The topological polar surface area (TPSA) is 93.5 Å². The maximum atomic E-state index is 12.5. The Kier molecular flexibility index (Phi) is 6.83. The first-order chi connectivity index (χ1) is 16.0. The minimum atomic E-state index is -0.427. The summed E-state index contributed by atoms with van der Waals surface area (Å²) in [6.07, 6.45) is 0.0604. The van der Waals surface area contributed by atoms with Crippen LogP contribution in [-0.2, 0) is 42.2 Å². The number of ether oxygens (including phenoxy) is 1. The average Bonchev–Trinajstić information content (AvgIpc) is 2.83. The molecular formula is C25H26N4O4. The second kappa shape index (κ2) is 10.1. The van der Waals surface area contributed by atoms with Gasteiger partial charge in [-0.25, -0.2) is 9.48 Å². The minimum Gasteiger partial charge on any atom is -0.445 e. The van der Waals surface area contributed by atoms with Gasteiger partial charge in [-0.15, -0.1) is 0 Å². The van der Waals surface area contributed by atoms with E-state index in [1.54, 1.807) is 4.90 Å². The number of aryl methyl sites for hydroxylation is 1. The number of nitrogens with zero attached hydrogens (tertiary/aromatic N) is 3. The maximum absolute atomic E-state index is 12.5. The van der Waals surface area contributed by atoms with Gasteiger partial charge >= 0.3 is 6.09 Å². The third kappa shape index (κ3) is 5.65. The predicted molar refractivity (Wildman–Crippen MR) is 122 cm³/mol. The van der Waals surface area contributed by atoms with Crippen LogP contribution in [0.3, 0.4) is 0 Å². The van der Waals surface area contributed by atoms with Crippen LogP contribution in [-0.4, -0.2) is 33.2 Å². The summed E-state index contributed by atoms with van der Waals surface area (Å²) in [5.74, 6) is -0.283. The highest BCUT2D eigenvalue weighted by Crippen LogP contribution is 2.16. The fourth-order valence-corrected chi connectivity index (χ4v) is 3.71. The second-order valence-corrected chi connectivity index (χ2v) is 8.03. The van der Waals surface area contributed by atoms with Crippen LogP contribution in [0.4, 0.5) is 4.79 Å². The number of hydrogen-bond donors (Lipinski definition) is 1. The van der Waals surface area contributed by atoms with Crippen molar-refractivity contribution in [1.82, 2.24) is 20.0 Å². The lowest BCUT2D eigenvalue weighted by Crippen LogP contribution is -2.40. The Morgan fingerprint density at radius 1 is 1.09 bits per heavy atom. The van der Waals surface area contributed by atoms with E-state index in [-0.39, 0.29) is 31.2 Å². The van der Waals surface area contributed by atoms with E-state index in [0.29, 0.717) is 30.8 Å². The van der Waals surface area contributed by atoms with Crippen molar-refractivity contribution in [3.63, 3.8) is 0 Å².